The number of morpholine rings is 1. The van der Waals surface area contributed by atoms with E-state index in [4.69, 9.17) is 11.3 Å². The van der Waals surface area contributed by atoms with Gasteiger partial charge in [0.2, 0.25) is 6.54 Å². The Hall–Kier alpha value is -2.23. The second kappa shape index (κ2) is 7.98. The van der Waals surface area contributed by atoms with Crippen molar-refractivity contribution in [2.45, 2.75) is 44.3 Å². The Balaban J connectivity index is 1.43. The number of benzene rings is 1. The molecule has 1 aromatic heterocycles. The molecule has 0 bridgehead atoms. The highest BCUT2D eigenvalue weighted by Gasteiger charge is 2.27. The number of anilines is 1. The van der Waals surface area contributed by atoms with Crippen LogP contribution in [0.5, 0.6) is 0 Å². The maximum absolute atomic E-state index is 7.08. The van der Waals surface area contributed by atoms with Crippen LogP contribution in [-0.2, 0) is 11.3 Å². The Bertz CT molecular complexity index is 788. The summed E-state index contributed by atoms with van der Waals surface area (Å²) in [6.45, 7) is 11.4. The molecule has 136 valence electrons. The van der Waals surface area contributed by atoms with Crippen molar-refractivity contribution < 1.29 is 4.74 Å². The van der Waals surface area contributed by atoms with Crippen molar-refractivity contribution in [1.29, 1.82) is 0 Å². The van der Waals surface area contributed by atoms with Gasteiger partial charge in [-0.15, -0.1) is 0 Å². The van der Waals surface area contributed by atoms with Crippen molar-refractivity contribution in [2.75, 3.05) is 31.6 Å². The van der Waals surface area contributed by atoms with Gasteiger partial charge in [-0.2, -0.15) is 0 Å². The standard InChI is InChI=1S/C20H25N5O/c1-21-13-15-2-7-19-18(12-15)20(23-14-22-19)24-16-3-5-17(6-4-16)25-8-10-26-11-9-25/h2,7,12,14,16-17H,3-6,8-11,13H2,(H,22,23,24). The second-order valence-electron chi connectivity index (χ2n) is 7.19. The first-order valence-corrected chi connectivity index (χ1v) is 9.48. The van der Waals surface area contributed by atoms with Crippen molar-refractivity contribution in [3.05, 3.63) is 41.5 Å². The Morgan fingerprint density at radius 2 is 1.96 bits per heavy atom. The largest absolute Gasteiger partial charge is 0.379 e. The molecule has 2 heterocycles. The van der Waals surface area contributed by atoms with Crippen LogP contribution in [0.15, 0.2) is 24.5 Å². The molecule has 1 N–H and O–H groups in total. The minimum Gasteiger partial charge on any atom is -0.379 e. The zero-order chi connectivity index (χ0) is 17.8. The molecule has 0 amide bonds. The van der Waals surface area contributed by atoms with Gasteiger partial charge in [0.25, 0.3) is 0 Å². The summed E-state index contributed by atoms with van der Waals surface area (Å²) in [4.78, 5) is 14.9. The fourth-order valence-electron chi connectivity index (χ4n) is 4.13. The number of hydrogen-bond acceptors (Lipinski definition) is 5. The van der Waals surface area contributed by atoms with Crippen molar-refractivity contribution >= 4 is 16.7 Å². The summed E-state index contributed by atoms with van der Waals surface area (Å²) < 4.78 is 5.47. The molecule has 26 heavy (non-hydrogen) atoms. The van der Waals surface area contributed by atoms with Crippen LogP contribution in [0.2, 0.25) is 0 Å². The summed E-state index contributed by atoms with van der Waals surface area (Å²) in [6, 6.07) is 7.16. The van der Waals surface area contributed by atoms with E-state index in [0.29, 0.717) is 18.6 Å². The lowest BCUT2D eigenvalue weighted by Crippen LogP contribution is -2.46. The van der Waals surface area contributed by atoms with Gasteiger partial charge in [-0.1, -0.05) is 0 Å². The van der Waals surface area contributed by atoms with Crippen LogP contribution in [0, 0.1) is 6.57 Å². The number of hydrogen-bond donors (Lipinski definition) is 1. The van der Waals surface area contributed by atoms with Crippen LogP contribution < -0.4 is 5.32 Å². The van der Waals surface area contributed by atoms with Gasteiger partial charge in [-0.05, 0) is 43.9 Å². The fourth-order valence-corrected chi connectivity index (χ4v) is 4.13. The first-order chi connectivity index (χ1) is 12.8. The van der Waals surface area contributed by atoms with E-state index < -0.39 is 0 Å². The van der Waals surface area contributed by atoms with Crippen LogP contribution in [0.25, 0.3) is 15.7 Å². The number of aromatic nitrogens is 2. The number of fused-ring (bicyclic) bond motifs is 1. The van der Waals surface area contributed by atoms with E-state index in [-0.39, 0.29) is 0 Å². The van der Waals surface area contributed by atoms with Gasteiger partial charge in [-0.3, -0.25) is 4.90 Å². The fraction of sp³-hybridized carbons (Fsp3) is 0.550. The van der Waals surface area contributed by atoms with Gasteiger partial charge < -0.3 is 14.9 Å². The zero-order valence-electron chi connectivity index (χ0n) is 15.0. The normalized spacial score (nSPS) is 24.3. The third kappa shape index (κ3) is 3.79. The van der Waals surface area contributed by atoms with Gasteiger partial charge in [-0.25, -0.2) is 16.5 Å². The smallest absolute Gasteiger partial charge is 0.239 e. The molecule has 1 saturated heterocycles. The van der Waals surface area contributed by atoms with Gasteiger partial charge in [0.15, 0.2) is 0 Å². The molecule has 1 aliphatic heterocycles. The number of nitrogens with one attached hydrogen (secondary N) is 1. The maximum atomic E-state index is 7.08. The van der Waals surface area contributed by atoms with Crippen molar-refractivity contribution in [3.63, 3.8) is 0 Å². The zero-order valence-corrected chi connectivity index (χ0v) is 15.0. The van der Waals surface area contributed by atoms with E-state index in [1.165, 1.54) is 12.8 Å². The van der Waals surface area contributed by atoms with Crippen LogP contribution >= 0.6 is 0 Å². The Morgan fingerprint density at radius 1 is 1.15 bits per heavy atom. The average molecular weight is 351 g/mol. The molecule has 4 rings (SSSR count). The van der Waals surface area contributed by atoms with Crippen molar-refractivity contribution in [2.24, 2.45) is 0 Å². The summed E-state index contributed by atoms with van der Waals surface area (Å²) in [6.07, 6.45) is 6.40. The van der Waals surface area contributed by atoms with E-state index in [1.807, 2.05) is 12.1 Å². The third-order valence-corrected chi connectivity index (χ3v) is 5.56. The molecular weight excluding hydrogens is 326 g/mol. The molecule has 2 fully saturated rings. The number of ether oxygens (including phenoxy) is 1. The van der Waals surface area contributed by atoms with Crippen LogP contribution in [0.3, 0.4) is 0 Å². The molecule has 0 unspecified atom stereocenters. The first-order valence-electron chi connectivity index (χ1n) is 9.48. The second-order valence-corrected chi connectivity index (χ2v) is 7.19. The lowest BCUT2D eigenvalue weighted by atomic mass is 9.90. The molecule has 0 atom stereocenters. The Kier molecular flexibility index (Phi) is 5.28. The molecule has 6 nitrogen and oxygen atoms in total. The highest BCUT2D eigenvalue weighted by atomic mass is 16.5. The first kappa shape index (κ1) is 17.2. The molecule has 0 radical (unpaired) electrons. The summed E-state index contributed by atoms with van der Waals surface area (Å²) in [5.41, 5.74) is 1.94. The lowest BCUT2D eigenvalue weighted by molar-refractivity contribution is 0.00791. The predicted octanol–water partition coefficient (Wildman–Crippen LogP) is 3.10. The van der Waals surface area contributed by atoms with E-state index in [9.17, 15) is 0 Å². The molecule has 1 aromatic carbocycles. The minimum atomic E-state index is 0.398. The third-order valence-electron chi connectivity index (χ3n) is 5.56. The quantitative estimate of drug-likeness (QED) is 0.858. The van der Waals surface area contributed by atoms with Gasteiger partial charge in [0.1, 0.15) is 12.1 Å². The molecule has 2 aromatic rings. The van der Waals surface area contributed by atoms with Crippen LogP contribution in [0.1, 0.15) is 31.2 Å². The summed E-state index contributed by atoms with van der Waals surface area (Å²) in [5, 5.41) is 4.66. The summed E-state index contributed by atoms with van der Waals surface area (Å²) in [5.74, 6) is 0.900. The number of nitrogens with zero attached hydrogens (tertiary/aromatic N) is 4. The van der Waals surface area contributed by atoms with Gasteiger partial charge in [0, 0.05) is 36.1 Å². The lowest BCUT2D eigenvalue weighted by Gasteiger charge is -2.39. The molecular formula is C20H25N5O. The van der Waals surface area contributed by atoms with E-state index in [2.05, 4.69) is 31.1 Å². The van der Waals surface area contributed by atoms with Crippen molar-refractivity contribution in [1.82, 2.24) is 14.9 Å². The molecule has 6 heteroatoms. The molecule has 0 spiro atoms. The van der Waals surface area contributed by atoms with E-state index in [1.54, 1.807) is 6.33 Å². The maximum Gasteiger partial charge on any atom is 0.239 e. The van der Waals surface area contributed by atoms with E-state index >= 15 is 0 Å². The van der Waals surface area contributed by atoms with Gasteiger partial charge >= 0.3 is 0 Å². The average Bonchev–Trinajstić information content (AvgIpc) is 2.70. The highest BCUT2D eigenvalue weighted by molar-refractivity contribution is 5.89. The van der Waals surface area contributed by atoms with E-state index in [0.717, 1.165) is 61.4 Å². The molecule has 1 aliphatic carbocycles. The van der Waals surface area contributed by atoms with Crippen LogP contribution in [0.4, 0.5) is 5.82 Å². The SMILES string of the molecule is [C-]#[N+]Cc1ccc2ncnc(NC3CCC(N4CCOCC4)CC3)c2c1. The van der Waals surface area contributed by atoms with Gasteiger partial charge in [0.05, 0.1) is 18.7 Å². The van der Waals surface area contributed by atoms with Crippen LogP contribution in [-0.4, -0.2) is 53.3 Å². The summed E-state index contributed by atoms with van der Waals surface area (Å²) >= 11 is 0. The number of rotatable bonds is 4. The Labute approximate surface area is 154 Å². The highest BCUT2D eigenvalue weighted by Crippen LogP contribution is 2.28. The topological polar surface area (TPSA) is 54.6 Å². The monoisotopic (exact) mass is 351 g/mol. The van der Waals surface area contributed by atoms with Crippen molar-refractivity contribution in [3.8, 4) is 0 Å². The predicted molar refractivity (Wildman–Crippen MR) is 102 cm³/mol. The Morgan fingerprint density at radius 3 is 2.73 bits per heavy atom. The molecule has 2 aliphatic rings. The summed E-state index contributed by atoms with van der Waals surface area (Å²) in [7, 11) is 0. The minimum absolute atomic E-state index is 0.398. The molecule has 1 saturated carbocycles.